The van der Waals surface area contributed by atoms with Crippen LogP contribution in [0.15, 0.2) is 0 Å². The Morgan fingerprint density at radius 2 is 2.00 bits per heavy atom. The Morgan fingerprint density at radius 1 is 1.31 bits per heavy atom. The summed E-state index contributed by atoms with van der Waals surface area (Å²) in [7, 11) is 4.38. The lowest BCUT2D eigenvalue weighted by molar-refractivity contribution is 0.264. The third-order valence-corrected chi connectivity index (χ3v) is 3.87. The molecule has 0 aromatic rings. The normalized spacial score (nSPS) is 24.6. The maximum atomic E-state index is 3.60. The van der Waals surface area contributed by atoms with Crippen molar-refractivity contribution in [2.24, 2.45) is 5.92 Å². The second-order valence-corrected chi connectivity index (χ2v) is 5.69. The van der Waals surface area contributed by atoms with Crippen LogP contribution in [0, 0.1) is 5.92 Å². The van der Waals surface area contributed by atoms with Gasteiger partial charge in [-0.25, -0.2) is 0 Å². The molecule has 0 spiro atoms. The largest absolute Gasteiger partial charge is 0.313 e. The number of likely N-dealkylation sites (tertiary alicyclic amines) is 1. The summed E-state index contributed by atoms with van der Waals surface area (Å²) in [5.74, 6) is 0.730. The second kappa shape index (κ2) is 6.58. The molecular formula is C13H29N3. The highest BCUT2D eigenvalue weighted by Crippen LogP contribution is 2.12. The smallest absolute Gasteiger partial charge is 0.0229 e. The van der Waals surface area contributed by atoms with Gasteiger partial charge in [-0.15, -0.1) is 0 Å². The minimum Gasteiger partial charge on any atom is -0.313 e. The minimum absolute atomic E-state index is 0.632. The first kappa shape index (κ1) is 13.9. The van der Waals surface area contributed by atoms with E-state index in [1.54, 1.807) is 0 Å². The van der Waals surface area contributed by atoms with Crippen LogP contribution < -0.4 is 5.32 Å². The van der Waals surface area contributed by atoms with Crippen molar-refractivity contribution in [1.29, 1.82) is 0 Å². The first-order valence-electron chi connectivity index (χ1n) is 6.63. The van der Waals surface area contributed by atoms with Gasteiger partial charge in [0.05, 0.1) is 0 Å². The first-order valence-corrected chi connectivity index (χ1v) is 6.63. The predicted octanol–water partition coefficient (Wildman–Crippen LogP) is 1.26. The predicted molar refractivity (Wildman–Crippen MR) is 70.8 cm³/mol. The summed E-state index contributed by atoms with van der Waals surface area (Å²) in [6.45, 7) is 11.6. The topological polar surface area (TPSA) is 18.5 Å². The maximum absolute atomic E-state index is 3.60. The Balaban J connectivity index is 2.11. The van der Waals surface area contributed by atoms with E-state index in [1.165, 1.54) is 26.1 Å². The van der Waals surface area contributed by atoms with E-state index < -0.39 is 0 Å². The highest BCUT2D eigenvalue weighted by molar-refractivity contribution is 4.81. The van der Waals surface area contributed by atoms with Gasteiger partial charge in [0.2, 0.25) is 0 Å². The molecular weight excluding hydrogens is 198 g/mol. The third kappa shape index (κ3) is 4.40. The molecule has 0 bridgehead atoms. The molecule has 2 atom stereocenters. The highest BCUT2D eigenvalue weighted by atomic mass is 15.2. The molecule has 0 radical (unpaired) electrons. The second-order valence-electron chi connectivity index (χ2n) is 5.69. The monoisotopic (exact) mass is 227 g/mol. The van der Waals surface area contributed by atoms with E-state index >= 15 is 0 Å². The number of hydrogen-bond donors (Lipinski definition) is 1. The lowest BCUT2D eigenvalue weighted by Crippen LogP contribution is -2.38. The molecule has 1 aliphatic rings. The molecule has 1 aliphatic heterocycles. The molecule has 0 aromatic heterocycles. The van der Waals surface area contributed by atoms with Crippen molar-refractivity contribution in [2.45, 2.75) is 39.3 Å². The average Bonchev–Trinajstić information content (AvgIpc) is 2.66. The fraction of sp³-hybridized carbons (Fsp3) is 1.00. The molecule has 1 N–H and O–H groups in total. The molecule has 0 amide bonds. The Hall–Kier alpha value is -0.120. The van der Waals surface area contributed by atoms with Crippen molar-refractivity contribution in [2.75, 3.05) is 40.3 Å². The highest BCUT2D eigenvalue weighted by Gasteiger charge is 2.23. The standard InChI is InChI=1S/C13H29N3/c1-11(2)12(3)14-7-9-16-8-6-13(10-16)15(4)5/h11-14H,6-10H2,1-5H3. The van der Waals surface area contributed by atoms with Crippen LogP contribution in [0.5, 0.6) is 0 Å². The quantitative estimate of drug-likeness (QED) is 0.737. The summed E-state index contributed by atoms with van der Waals surface area (Å²) in [5, 5.41) is 3.60. The molecule has 0 aromatic carbocycles. The lowest BCUT2D eigenvalue weighted by Gasteiger charge is -2.22. The molecule has 3 heteroatoms. The Bertz CT molecular complexity index is 192. The van der Waals surface area contributed by atoms with Gasteiger partial charge in [-0.2, -0.15) is 0 Å². The number of rotatable bonds is 6. The van der Waals surface area contributed by atoms with Crippen LogP contribution in [0.4, 0.5) is 0 Å². The van der Waals surface area contributed by atoms with Crippen molar-refractivity contribution >= 4 is 0 Å². The van der Waals surface area contributed by atoms with Crippen molar-refractivity contribution in [3.8, 4) is 0 Å². The molecule has 96 valence electrons. The lowest BCUT2D eigenvalue weighted by atomic mass is 10.1. The minimum atomic E-state index is 0.632. The van der Waals surface area contributed by atoms with Crippen LogP contribution in [-0.4, -0.2) is 62.2 Å². The van der Waals surface area contributed by atoms with Crippen molar-refractivity contribution in [1.82, 2.24) is 15.1 Å². The number of nitrogens with zero attached hydrogens (tertiary/aromatic N) is 2. The van der Waals surface area contributed by atoms with Gasteiger partial charge in [0.25, 0.3) is 0 Å². The zero-order chi connectivity index (χ0) is 12.1. The summed E-state index contributed by atoms with van der Waals surface area (Å²) in [4.78, 5) is 4.93. The molecule has 2 unspecified atom stereocenters. The molecule has 3 nitrogen and oxygen atoms in total. The van der Waals surface area contributed by atoms with E-state index in [-0.39, 0.29) is 0 Å². The summed E-state index contributed by atoms with van der Waals surface area (Å²) in [6, 6.07) is 1.40. The number of nitrogens with one attached hydrogen (secondary N) is 1. The molecule has 1 saturated heterocycles. The van der Waals surface area contributed by atoms with Gasteiger partial charge < -0.3 is 15.1 Å². The first-order chi connectivity index (χ1) is 7.50. The number of likely N-dealkylation sites (N-methyl/N-ethyl adjacent to an activating group) is 1. The van der Waals surface area contributed by atoms with Gasteiger partial charge in [0.1, 0.15) is 0 Å². The van der Waals surface area contributed by atoms with Gasteiger partial charge in [-0.05, 0) is 39.9 Å². The van der Waals surface area contributed by atoms with E-state index in [9.17, 15) is 0 Å². The Kier molecular flexibility index (Phi) is 5.73. The van der Waals surface area contributed by atoms with E-state index in [4.69, 9.17) is 0 Å². The van der Waals surface area contributed by atoms with E-state index in [1.807, 2.05) is 0 Å². The molecule has 1 rings (SSSR count). The van der Waals surface area contributed by atoms with Gasteiger partial charge in [0.15, 0.2) is 0 Å². The van der Waals surface area contributed by atoms with Gasteiger partial charge >= 0.3 is 0 Å². The summed E-state index contributed by atoms with van der Waals surface area (Å²) in [6.07, 6.45) is 1.33. The van der Waals surface area contributed by atoms with Gasteiger partial charge in [-0.3, -0.25) is 0 Å². The third-order valence-electron chi connectivity index (χ3n) is 3.87. The molecule has 1 heterocycles. The fourth-order valence-corrected chi connectivity index (χ4v) is 2.12. The zero-order valence-corrected chi connectivity index (χ0v) is 11.7. The molecule has 1 fully saturated rings. The molecule has 16 heavy (non-hydrogen) atoms. The van der Waals surface area contributed by atoms with Gasteiger partial charge in [0, 0.05) is 31.7 Å². The van der Waals surface area contributed by atoms with E-state index in [0.717, 1.165) is 18.5 Å². The summed E-state index contributed by atoms with van der Waals surface area (Å²) < 4.78 is 0. The van der Waals surface area contributed by atoms with Crippen molar-refractivity contribution < 1.29 is 0 Å². The Labute approximate surface area is 101 Å². The fourth-order valence-electron chi connectivity index (χ4n) is 2.12. The Morgan fingerprint density at radius 3 is 2.50 bits per heavy atom. The average molecular weight is 227 g/mol. The zero-order valence-electron chi connectivity index (χ0n) is 11.7. The van der Waals surface area contributed by atoms with Crippen LogP contribution in [0.3, 0.4) is 0 Å². The molecule has 0 aliphatic carbocycles. The molecule has 0 saturated carbocycles. The van der Waals surface area contributed by atoms with Crippen LogP contribution in [0.2, 0.25) is 0 Å². The van der Waals surface area contributed by atoms with E-state index in [2.05, 4.69) is 50.0 Å². The summed E-state index contributed by atoms with van der Waals surface area (Å²) in [5.41, 5.74) is 0. The maximum Gasteiger partial charge on any atom is 0.0229 e. The van der Waals surface area contributed by atoms with Crippen LogP contribution in [0.25, 0.3) is 0 Å². The summed E-state index contributed by atoms with van der Waals surface area (Å²) >= 11 is 0. The van der Waals surface area contributed by atoms with Crippen LogP contribution in [-0.2, 0) is 0 Å². The van der Waals surface area contributed by atoms with Crippen LogP contribution in [0.1, 0.15) is 27.2 Å². The van der Waals surface area contributed by atoms with Crippen molar-refractivity contribution in [3.05, 3.63) is 0 Å². The van der Waals surface area contributed by atoms with E-state index in [0.29, 0.717) is 6.04 Å². The van der Waals surface area contributed by atoms with Crippen LogP contribution >= 0.6 is 0 Å². The van der Waals surface area contributed by atoms with Crippen molar-refractivity contribution in [3.63, 3.8) is 0 Å². The van der Waals surface area contributed by atoms with Gasteiger partial charge in [-0.1, -0.05) is 13.8 Å². The number of hydrogen-bond acceptors (Lipinski definition) is 3. The SMILES string of the molecule is CC(C)C(C)NCCN1CCC(N(C)C)C1.